The Bertz CT molecular complexity index is 1330. The second-order valence-corrected chi connectivity index (χ2v) is 11.2. The predicted molar refractivity (Wildman–Crippen MR) is 148 cm³/mol. The number of Topliss-reactive ketones (excluding diaryl/α,β-unsaturated/α-hetero) is 1. The van der Waals surface area contributed by atoms with Gasteiger partial charge in [-0.1, -0.05) is 97.1 Å². The zero-order valence-electron chi connectivity index (χ0n) is 21.8. The van der Waals surface area contributed by atoms with Gasteiger partial charge in [-0.05, 0) is 74.3 Å². The van der Waals surface area contributed by atoms with E-state index in [1.54, 1.807) is 0 Å². The summed E-state index contributed by atoms with van der Waals surface area (Å²) in [7, 11) is 0. The Labute approximate surface area is 219 Å². The molecule has 0 aromatic heterocycles. The summed E-state index contributed by atoms with van der Waals surface area (Å²) in [5.41, 5.74) is 2.91. The molecular weight excluding hydrogens is 456 g/mol. The lowest BCUT2D eigenvalue weighted by molar-refractivity contribution is -0.153. The summed E-state index contributed by atoms with van der Waals surface area (Å²) in [5.74, 6) is -0.363. The molecule has 0 bridgehead atoms. The van der Waals surface area contributed by atoms with Crippen LogP contribution in [0.1, 0.15) is 68.6 Å². The summed E-state index contributed by atoms with van der Waals surface area (Å²) >= 11 is 0. The van der Waals surface area contributed by atoms with Crippen molar-refractivity contribution in [1.29, 1.82) is 0 Å². The lowest BCUT2D eigenvalue weighted by Gasteiger charge is -2.44. The van der Waals surface area contributed by atoms with Crippen LogP contribution in [0, 0.1) is 5.41 Å². The van der Waals surface area contributed by atoms with Gasteiger partial charge in [0.25, 0.3) is 0 Å². The second kappa shape index (κ2) is 9.97. The molecule has 3 atom stereocenters. The fourth-order valence-electron chi connectivity index (χ4n) is 6.08. The van der Waals surface area contributed by atoms with E-state index in [-0.39, 0.29) is 23.6 Å². The Morgan fingerprint density at radius 2 is 1.43 bits per heavy atom. The maximum absolute atomic E-state index is 14.7. The Kier molecular flexibility index (Phi) is 6.72. The summed E-state index contributed by atoms with van der Waals surface area (Å²) < 4.78 is 5.90. The molecule has 3 heteroatoms. The normalized spacial score (nSPS) is 24.8. The number of esters is 1. The van der Waals surface area contributed by atoms with Crippen molar-refractivity contribution in [2.75, 3.05) is 0 Å². The van der Waals surface area contributed by atoms with E-state index in [9.17, 15) is 9.59 Å². The SMILES string of the molecule is CC(C)(C)OC(=O)C1=CC[C@H](c2ccccc2)[C@]12CC(c1ccccc1)C/C(=C\c1ccccc1)C2=O. The lowest BCUT2D eigenvalue weighted by Crippen LogP contribution is -2.45. The van der Waals surface area contributed by atoms with E-state index in [1.807, 2.05) is 99.7 Å². The molecule has 1 spiro atoms. The maximum atomic E-state index is 14.7. The van der Waals surface area contributed by atoms with Crippen molar-refractivity contribution in [3.05, 3.63) is 125 Å². The number of rotatable bonds is 4. The molecule has 0 saturated heterocycles. The zero-order chi connectivity index (χ0) is 26.0. The van der Waals surface area contributed by atoms with Crippen molar-refractivity contribution in [1.82, 2.24) is 0 Å². The highest BCUT2D eigenvalue weighted by Crippen LogP contribution is 2.60. The summed E-state index contributed by atoms with van der Waals surface area (Å²) in [6.45, 7) is 5.62. The summed E-state index contributed by atoms with van der Waals surface area (Å²) in [6.07, 6.45) is 5.84. The average Bonchev–Trinajstić information content (AvgIpc) is 3.27. The van der Waals surface area contributed by atoms with Gasteiger partial charge in [0.1, 0.15) is 5.60 Å². The number of ether oxygens (including phenoxy) is 1. The minimum Gasteiger partial charge on any atom is -0.457 e. The number of hydrogen-bond acceptors (Lipinski definition) is 3. The van der Waals surface area contributed by atoms with Crippen LogP contribution in [0.3, 0.4) is 0 Å². The van der Waals surface area contributed by atoms with E-state index >= 15 is 0 Å². The van der Waals surface area contributed by atoms with E-state index in [0.29, 0.717) is 24.8 Å². The first-order chi connectivity index (χ1) is 17.8. The van der Waals surface area contributed by atoms with Crippen LogP contribution >= 0.6 is 0 Å². The minimum absolute atomic E-state index is 0.0481. The van der Waals surface area contributed by atoms with Crippen LogP contribution in [-0.4, -0.2) is 17.4 Å². The van der Waals surface area contributed by atoms with Gasteiger partial charge in [0.15, 0.2) is 5.78 Å². The maximum Gasteiger partial charge on any atom is 0.335 e. The molecule has 3 nitrogen and oxygen atoms in total. The largest absolute Gasteiger partial charge is 0.457 e. The van der Waals surface area contributed by atoms with Crippen molar-refractivity contribution < 1.29 is 14.3 Å². The first-order valence-electron chi connectivity index (χ1n) is 13.1. The average molecular weight is 491 g/mol. The first kappa shape index (κ1) is 25.0. The number of carbonyl (C=O) groups is 2. The molecule has 0 amide bonds. The highest BCUT2D eigenvalue weighted by Gasteiger charge is 2.58. The van der Waals surface area contributed by atoms with Gasteiger partial charge in [-0.15, -0.1) is 0 Å². The van der Waals surface area contributed by atoms with Gasteiger partial charge in [0.05, 0.1) is 5.41 Å². The van der Waals surface area contributed by atoms with Crippen molar-refractivity contribution >= 4 is 17.8 Å². The predicted octanol–water partition coefficient (Wildman–Crippen LogP) is 7.66. The molecular formula is C34H34O3. The molecule has 3 aromatic carbocycles. The van der Waals surface area contributed by atoms with Gasteiger partial charge in [0, 0.05) is 11.5 Å². The van der Waals surface area contributed by atoms with Crippen LogP contribution in [0.2, 0.25) is 0 Å². The third-order valence-electron chi connectivity index (χ3n) is 7.60. The van der Waals surface area contributed by atoms with Crippen LogP contribution in [-0.2, 0) is 14.3 Å². The van der Waals surface area contributed by atoms with Gasteiger partial charge in [0.2, 0.25) is 0 Å². The van der Waals surface area contributed by atoms with E-state index < -0.39 is 11.0 Å². The first-order valence-corrected chi connectivity index (χ1v) is 13.1. The van der Waals surface area contributed by atoms with Gasteiger partial charge in [-0.25, -0.2) is 4.79 Å². The van der Waals surface area contributed by atoms with E-state index in [4.69, 9.17) is 4.74 Å². The molecule has 37 heavy (non-hydrogen) atoms. The van der Waals surface area contributed by atoms with Gasteiger partial charge in [-0.3, -0.25) is 4.79 Å². The number of carbonyl (C=O) groups excluding carboxylic acids is 2. The minimum atomic E-state index is -0.983. The highest BCUT2D eigenvalue weighted by atomic mass is 16.6. The van der Waals surface area contributed by atoms with Gasteiger partial charge >= 0.3 is 5.97 Å². The molecule has 1 fully saturated rings. The van der Waals surface area contributed by atoms with Crippen molar-refractivity contribution in [2.24, 2.45) is 5.41 Å². The standard InChI is InChI=1S/C34H34O3/c1-33(2,3)37-32(36)30-20-19-29(26-17-11-6-12-18-26)34(30)23-28(25-15-9-5-10-16-25)22-27(31(34)35)21-24-13-7-4-8-14-24/h4-18,20-21,28-29H,19,22-23H2,1-3H3/b27-21+/t28?,29-,34-/m1/s1. The third-order valence-corrected chi connectivity index (χ3v) is 7.60. The van der Waals surface area contributed by atoms with Crippen LogP contribution in [0.25, 0.3) is 6.08 Å². The van der Waals surface area contributed by atoms with Gasteiger partial charge in [-0.2, -0.15) is 0 Å². The molecule has 188 valence electrons. The van der Waals surface area contributed by atoms with E-state index in [0.717, 1.165) is 16.7 Å². The Balaban J connectivity index is 1.69. The number of allylic oxidation sites excluding steroid dienone is 2. The van der Waals surface area contributed by atoms with Crippen LogP contribution < -0.4 is 0 Å². The Hall–Kier alpha value is -3.72. The molecule has 0 radical (unpaired) electrons. The molecule has 2 aliphatic rings. The fraction of sp³-hybridized carbons (Fsp3) is 0.294. The number of hydrogen-bond donors (Lipinski definition) is 0. The summed E-state index contributed by atoms with van der Waals surface area (Å²) in [6, 6.07) is 30.5. The molecule has 0 aliphatic heterocycles. The molecule has 1 unspecified atom stereocenters. The fourth-order valence-corrected chi connectivity index (χ4v) is 6.08. The van der Waals surface area contributed by atoms with E-state index in [1.165, 1.54) is 5.56 Å². The Morgan fingerprint density at radius 1 is 0.865 bits per heavy atom. The number of ketones is 1. The quantitative estimate of drug-likeness (QED) is 0.278. The van der Waals surface area contributed by atoms with Crippen molar-refractivity contribution in [3.63, 3.8) is 0 Å². The molecule has 0 heterocycles. The van der Waals surface area contributed by atoms with Crippen LogP contribution in [0.4, 0.5) is 0 Å². The summed E-state index contributed by atoms with van der Waals surface area (Å²) in [5, 5.41) is 0. The second-order valence-electron chi connectivity index (χ2n) is 11.2. The third kappa shape index (κ3) is 4.96. The van der Waals surface area contributed by atoms with Crippen molar-refractivity contribution in [3.8, 4) is 0 Å². The van der Waals surface area contributed by atoms with Gasteiger partial charge < -0.3 is 4.74 Å². The topological polar surface area (TPSA) is 43.4 Å². The van der Waals surface area contributed by atoms with E-state index in [2.05, 4.69) is 24.3 Å². The molecule has 5 rings (SSSR count). The summed E-state index contributed by atoms with van der Waals surface area (Å²) in [4.78, 5) is 28.4. The smallest absolute Gasteiger partial charge is 0.335 e. The number of benzene rings is 3. The van der Waals surface area contributed by atoms with Crippen molar-refractivity contribution in [2.45, 2.75) is 57.5 Å². The molecule has 2 aliphatic carbocycles. The monoisotopic (exact) mass is 490 g/mol. The lowest BCUT2D eigenvalue weighted by atomic mass is 9.57. The zero-order valence-corrected chi connectivity index (χ0v) is 21.8. The molecule has 3 aromatic rings. The molecule has 0 N–H and O–H groups in total. The highest BCUT2D eigenvalue weighted by molar-refractivity contribution is 6.12. The Morgan fingerprint density at radius 3 is 2.03 bits per heavy atom. The van der Waals surface area contributed by atoms with Crippen LogP contribution in [0.5, 0.6) is 0 Å². The van der Waals surface area contributed by atoms with Crippen LogP contribution in [0.15, 0.2) is 108 Å². The molecule has 1 saturated carbocycles.